The van der Waals surface area contributed by atoms with Crippen molar-refractivity contribution < 1.29 is 9.53 Å². The quantitative estimate of drug-likeness (QED) is 0.823. The molecule has 0 aromatic heterocycles. The van der Waals surface area contributed by atoms with Gasteiger partial charge in [-0.05, 0) is 40.0 Å². The Morgan fingerprint density at radius 3 is 2.83 bits per heavy atom. The summed E-state index contributed by atoms with van der Waals surface area (Å²) in [6, 6.07) is 0.320. The van der Waals surface area contributed by atoms with Crippen molar-refractivity contribution in [3.8, 4) is 0 Å². The molecule has 0 aliphatic carbocycles. The molecule has 2 aliphatic rings. The maximum atomic E-state index is 12.4. The number of nitrogens with one attached hydrogen (secondary N) is 1. The van der Waals surface area contributed by atoms with E-state index in [9.17, 15) is 4.79 Å². The molecule has 2 atom stereocenters. The molecule has 0 aromatic rings. The summed E-state index contributed by atoms with van der Waals surface area (Å²) < 4.78 is 5.59. The van der Waals surface area contributed by atoms with Crippen molar-refractivity contribution >= 4 is 6.09 Å². The maximum Gasteiger partial charge on any atom is 0.411 e. The molecule has 2 saturated heterocycles. The van der Waals surface area contributed by atoms with Crippen molar-refractivity contribution in [2.45, 2.75) is 70.6 Å². The first-order chi connectivity index (χ1) is 8.38. The van der Waals surface area contributed by atoms with E-state index in [-0.39, 0.29) is 11.6 Å². The van der Waals surface area contributed by atoms with E-state index < -0.39 is 5.60 Å². The van der Waals surface area contributed by atoms with Crippen LogP contribution in [0.3, 0.4) is 0 Å². The second-order valence-corrected chi connectivity index (χ2v) is 6.65. The third-order valence-electron chi connectivity index (χ3n) is 3.96. The van der Waals surface area contributed by atoms with Crippen molar-refractivity contribution in [3.63, 3.8) is 0 Å². The van der Waals surface area contributed by atoms with Gasteiger partial charge in [-0.2, -0.15) is 0 Å². The average molecular weight is 254 g/mol. The largest absolute Gasteiger partial charge is 0.444 e. The van der Waals surface area contributed by atoms with Crippen LogP contribution in [0.5, 0.6) is 0 Å². The predicted octanol–water partition coefficient (Wildman–Crippen LogP) is 2.53. The molecule has 4 nitrogen and oxygen atoms in total. The molecule has 4 heteroatoms. The van der Waals surface area contributed by atoms with Crippen LogP contribution in [0.1, 0.15) is 53.4 Å². The zero-order chi connectivity index (χ0) is 13.4. The molecular weight excluding hydrogens is 228 g/mol. The molecule has 0 radical (unpaired) electrons. The van der Waals surface area contributed by atoms with Gasteiger partial charge in [-0.3, -0.25) is 4.90 Å². The fourth-order valence-corrected chi connectivity index (χ4v) is 3.36. The standard InChI is InChI=1S/C14H26N2O2/c1-5-7-14-8-6-11(9-15-10-14)16(14)12(17)18-13(2,3)4/h11,15H,5-10H2,1-4H3. The van der Waals surface area contributed by atoms with E-state index in [4.69, 9.17) is 4.74 Å². The number of ether oxygens (including phenoxy) is 1. The Bertz CT molecular complexity index is 315. The maximum absolute atomic E-state index is 12.4. The smallest absolute Gasteiger partial charge is 0.411 e. The molecule has 0 spiro atoms. The fraction of sp³-hybridized carbons (Fsp3) is 0.929. The summed E-state index contributed by atoms with van der Waals surface area (Å²) >= 11 is 0. The zero-order valence-electron chi connectivity index (χ0n) is 12.1. The number of hydrogen-bond acceptors (Lipinski definition) is 3. The van der Waals surface area contributed by atoms with Crippen LogP contribution in [0.15, 0.2) is 0 Å². The molecule has 2 fully saturated rings. The first kappa shape index (κ1) is 13.7. The lowest BCUT2D eigenvalue weighted by Gasteiger charge is -2.45. The van der Waals surface area contributed by atoms with Gasteiger partial charge >= 0.3 is 6.09 Å². The summed E-state index contributed by atoms with van der Waals surface area (Å²) in [4.78, 5) is 14.5. The third-order valence-corrected chi connectivity index (χ3v) is 3.96. The highest BCUT2D eigenvalue weighted by Crippen LogP contribution is 2.40. The summed E-state index contributed by atoms with van der Waals surface area (Å²) in [6.45, 7) is 9.80. The summed E-state index contributed by atoms with van der Waals surface area (Å²) in [5, 5.41) is 3.47. The van der Waals surface area contributed by atoms with Crippen molar-refractivity contribution in [2.24, 2.45) is 0 Å². The Hall–Kier alpha value is -0.770. The van der Waals surface area contributed by atoms with Gasteiger partial charge in [-0.25, -0.2) is 4.79 Å². The number of amides is 1. The van der Waals surface area contributed by atoms with E-state index in [1.807, 2.05) is 25.7 Å². The van der Waals surface area contributed by atoms with Crippen LogP contribution in [0.2, 0.25) is 0 Å². The van der Waals surface area contributed by atoms with Gasteiger partial charge in [0.1, 0.15) is 5.60 Å². The minimum Gasteiger partial charge on any atom is -0.444 e. The number of fused-ring (bicyclic) bond motifs is 2. The second kappa shape index (κ2) is 4.72. The molecule has 2 heterocycles. The highest BCUT2D eigenvalue weighted by molar-refractivity contribution is 5.70. The van der Waals surface area contributed by atoms with Crippen LogP contribution in [-0.2, 0) is 4.74 Å². The zero-order valence-corrected chi connectivity index (χ0v) is 12.1. The average Bonchev–Trinajstić information content (AvgIpc) is 2.44. The Morgan fingerprint density at radius 2 is 2.22 bits per heavy atom. The molecule has 2 bridgehead atoms. The Kier molecular flexibility index (Phi) is 3.58. The van der Waals surface area contributed by atoms with E-state index in [2.05, 4.69) is 12.2 Å². The normalized spacial score (nSPS) is 31.6. The highest BCUT2D eigenvalue weighted by Gasteiger charge is 2.51. The number of carbonyl (C=O) groups excluding carboxylic acids is 1. The number of rotatable bonds is 2. The van der Waals surface area contributed by atoms with Crippen LogP contribution in [0, 0.1) is 0 Å². The molecule has 1 amide bonds. The van der Waals surface area contributed by atoms with Crippen molar-refractivity contribution in [2.75, 3.05) is 13.1 Å². The molecule has 1 N–H and O–H groups in total. The molecule has 2 rings (SSSR count). The summed E-state index contributed by atoms with van der Waals surface area (Å²) in [5.74, 6) is 0. The summed E-state index contributed by atoms with van der Waals surface area (Å²) in [7, 11) is 0. The number of hydrogen-bond donors (Lipinski definition) is 1. The minimum atomic E-state index is -0.408. The SMILES string of the molecule is CCCC12CCC(CNC1)N2C(=O)OC(C)(C)C. The molecule has 104 valence electrons. The first-order valence-electron chi connectivity index (χ1n) is 7.11. The molecular formula is C14H26N2O2. The second-order valence-electron chi connectivity index (χ2n) is 6.65. The molecule has 0 aromatic carbocycles. The Labute approximate surface area is 110 Å². The van der Waals surface area contributed by atoms with Gasteiger partial charge < -0.3 is 10.1 Å². The van der Waals surface area contributed by atoms with Gasteiger partial charge in [0.15, 0.2) is 0 Å². The Balaban J connectivity index is 2.16. The van der Waals surface area contributed by atoms with E-state index in [0.29, 0.717) is 6.04 Å². The Morgan fingerprint density at radius 1 is 1.50 bits per heavy atom. The lowest BCUT2D eigenvalue weighted by molar-refractivity contribution is -0.0122. The number of carbonyl (C=O) groups is 1. The van der Waals surface area contributed by atoms with Gasteiger partial charge in [0.2, 0.25) is 0 Å². The van der Waals surface area contributed by atoms with Gasteiger partial charge in [-0.15, -0.1) is 0 Å². The van der Waals surface area contributed by atoms with Crippen molar-refractivity contribution in [3.05, 3.63) is 0 Å². The van der Waals surface area contributed by atoms with Crippen molar-refractivity contribution in [1.29, 1.82) is 0 Å². The third kappa shape index (κ3) is 2.48. The van der Waals surface area contributed by atoms with E-state index in [0.717, 1.165) is 38.8 Å². The van der Waals surface area contributed by atoms with E-state index in [1.54, 1.807) is 0 Å². The molecule has 2 aliphatic heterocycles. The molecule has 18 heavy (non-hydrogen) atoms. The van der Waals surface area contributed by atoms with Crippen LogP contribution in [-0.4, -0.2) is 41.3 Å². The first-order valence-corrected chi connectivity index (χ1v) is 7.11. The van der Waals surface area contributed by atoms with Crippen LogP contribution >= 0.6 is 0 Å². The summed E-state index contributed by atoms with van der Waals surface area (Å²) in [5.41, 5.74) is -0.408. The van der Waals surface area contributed by atoms with Gasteiger partial charge in [0.25, 0.3) is 0 Å². The lowest BCUT2D eigenvalue weighted by atomic mass is 9.90. The predicted molar refractivity (Wildman–Crippen MR) is 71.6 cm³/mol. The van der Waals surface area contributed by atoms with Gasteiger partial charge in [0, 0.05) is 19.1 Å². The van der Waals surface area contributed by atoms with E-state index >= 15 is 0 Å². The fourth-order valence-electron chi connectivity index (χ4n) is 3.36. The number of piperazine rings is 1. The minimum absolute atomic E-state index is 0.000000000000000222. The summed E-state index contributed by atoms with van der Waals surface area (Å²) in [6.07, 6.45) is 4.26. The van der Waals surface area contributed by atoms with Gasteiger partial charge in [-0.1, -0.05) is 13.3 Å². The van der Waals surface area contributed by atoms with Crippen LogP contribution in [0.4, 0.5) is 4.79 Å². The monoisotopic (exact) mass is 254 g/mol. The van der Waals surface area contributed by atoms with Gasteiger partial charge in [0.05, 0.1) is 5.54 Å². The topological polar surface area (TPSA) is 41.6 Å². The van der Waals surface area contributed by atoms with Crippen molar-refractivity contribution in [1.82, 2.24) is 10.2 Å². The van der Waals surface area contributed by atoms with E-state index in [1.165, 1.54) is 0 Å². The lowest BCUT2D eigenvalue weighted by Crippen LogP contribution is -2.62. The van der Waals surface area contributed by atoms with Crippen LogP contribution < -0.4 is 5.32 Å². The van der Waals surface area contributed by atoms with Crippen LogP contribution in [0.25, 0.3) is 0 Å². The number of nitrogens with zero attached hydrogens (tertiary/aromatic N) is 1. The highest BCUT2D eigenvalue weighted by atomic mass is 16.6. The molecule has 0 saturated carbocycles. The molecule has 2 unspecified atom stereocenters.